The zero-order valence-electron chi connectivity index (χ0n) is 14.1. The van der Waals surface area contributed by atoms with Crippen molar-refractivity contribution in [1.82, 2.24) is 15.5 Å². The van der Waals surface area contributed by atoms with Crippen LogP contribution in [0, 0.1) is 0 Å². The van der Waals surface area contributed by atoms with Crippen molar-refractivity contribution in [2.24, 2.45) is 0 Å². The molecule has 0 bridgehead atoms. The maximum Gasteiger partial charge on any atom is 0.407 e. The first-order chi connectivity index (χ1) is 9.22. The van der Waals surface area contributed by atoms with Gasteiger partial charge in [0, 0.05) is 19.1 Å². The van der Waals surface area contributed by atoms with Crippen LogP contribution in [0.15, 0.2) is 0 Å². The minimum absolute atomic E-state index is 0.349. The van der Waals surface area contributed by atoms with Crippen LogP contribution in [0.3, 0.4) is 0 Å². The Balaban J connectivity index is 3.35. The van der Waals surface area contributed by atoms with E-state index in [4.69, 9.17) is 4.74 Å². The molecule has 0 heterocycles. The predicted octanol–water partition coefficient (Wildman–Crippen LogP) is 2.22. The lowest BCUT2D eigenvalue weighted by Gasteiger charge is -2.20. The number of carbonyl (C=O) groups excluding carboxylic acids is 1. The number of unbranched alkanes of at least 4 members (excludes halogenated alkanes) is 1. The van der Waals surface area contributed by atoms with Crippen LogP contribution in [0.2, 0.25) is 0 Å². The molecule has 20 heavy (non-hydrogen) atoms. The highest BCUT2D eigenvalue weighted by molar-refractivity contribution is 5.67. The summed E-state index contributed by atoms with van der Waals surface area (Å²) in [7, 11) is 2.16. The number of nitrogens with one attached hydrogen (secondary N) is 2. The molecule has 0 aromatic carbocycles. The summed E-state index contributed by atoms with van der Waals surface area (Å²) >= 11 is 0. The molecule has 0 rings (SSSR count). The van der Waals surface area contributed by atoms with Crippen LogP contribution in [-0.2, 0) is 4.74 Å². The average molecular weight is 287 g/mol. The molecule has 5 heteroatoms. The Labute approximate surface area is 124 Å². The first-order valence-electron chi connectivity index (χ1n) is 7.60. The second-order valence-corrected chi connectivity index (χ2v) is 6.46. The number of amides is 1. The van der Waals surface area contributed by atoms with Crippen LogP contribution >= 0.6 is 0 Å². The quantitative estimate of drug-likeness (QED) is 0.639. The molecule has 0 spiro atoms. The first kappa shape index (κ1) is 19.2. The largest absolute Gasteiger partial charge is 0.444 e. The van der Waals surface area contributed by atoms with Gasteiger partial charge in [0.25, 0.3) is 0 Å². The summed E-state index contributed by atoms with van der Waals surface area (Å²) in [6.45, 7) is 13.5. The molecular formula is C15H33N3O2. The minimum atomic E-state index is -0.431. The molecule has 5 nitrogen and oxygen atoms in total. The van der Waals surface area contributed by atoms with Crippen LogP contribution in [-0.4, -0.2) is 55.9 Å². The highest BCUT2D eigenvalue weighted by Gasteiger charge is 2.15. The maximum atomic E-state index is 11.4. The van der Waals surface area contributed by atoms with Crippen molar-refractivity contribution in [2.45, 2.75) is 59.1 Å². The van der Waals surface area contributed by atoms with E-state index in [1.807, 2.05) is 20.8 Å². The van der Waals surface area contributed by atoms with Crippen molar-refractivity contribution in [1.29, 1.82) is 0 Å². The molecule has 2 N–H and O–H groups in total. The first-order valence-corrected chi connectivity index (χ1v) is 7.60. The van der Waals surface area contributed by atoms with Crippen molar-refractivity contribution in [3.05, 3.63) is 0 Å². The SMILES string of the molecule is CC(C)N(C)CCCCNCCNC(=O)OC(C)(C)C. The summed E-state index contributed by atoms with van der Waals surface area (Å²) in [5.74, 6) is 0. The van der Waals surface area contributed by atoms with E-state index in [9.17, 15) is 4.79 Å². The van der Waals surface area contributed by atoms with Crippen LogP contribution in [0.25, 0.3) is 0 Å². The fourth-order valence-corrected chi connectivity index (χ4v) is 1.56. The van der Waals surface area contributed by atoms with Crippen LogP contribution < -0.4 is 10.6 Å². The summed E-state index contributed by atoms with van der Waals surface area (Å²) < 4.78 is 5.15. The smallest absolute Gasteiger partial charge is 0.407 e. The molecular weight excluding hydrogens is 254 g/mol. The second kappa shape index (κ2) is 10.00. The molecule has 0 fully saturated rings. The predicted molar refractivity (Wildman–Crippen MR) is 84.1 cm³/mol. The topological polar surface area (TPSA) is 53.6 Å². The number of alkyl carbamates (subject to hydrolysis) is 1. The van der Waals surface area contributed by atoms with Crippen molar-refractivity contribution in [3.8, 4) is 0 Å². The molecule has 0 aromatic heterocycles. The third-order valence-corrected chi connectivity index (χ3v) is 2.97. The third kappa shape index (κ3) is 12.2. The number of ether oxygens (including phenoxy) is 1. The van der Waals surface area contributed by atoms with E-state index in [0.29, 0.717) is 12.6 Å². The van der Waals surface area contributed by atoms with Gasteiger partial charge < -0.3 is 20.3 Å². The lowest BCUT2D eigenvalue weighted by Crippen LogP contribution is -2.36. The van der Waals surface area contributed by atoms with Crippen molar-refractivity contribution < 1.29 is 9.53 Å². The van der Waals surface area contributed by atoms with Gasteiger partial charge in [0.2, 0.25) is 0 Å². The Kier molecular flexibility index (Phi) is 9.59. The third-order valence-electron chi connectivity index (χ3n) is 2.97. The number of hydrogen-bond acceptors (Lipinski definition) is 4. The van der Waals surface area contributed by atoms with Crippen LogP contribution in [0.5, 0.6) is 0 Å². The Morgan fingerprint density at radius 1 is 1.15 bits per heavy atom. The molecule has 0 saturated heterocycles. The molecule has 0 aliphatic rings. The molecule has 1 amide bonds. The summed E-state index contributed by atoms with van der Waals surface area (Å²) in [4.78, 5) is 13.7. The van der Waals surface area contributed by atoms with Gasteiger partial charge in [-0.3, -0.25) is 0 Å². The van der Waals surface area contributed by atoms with Gasteiger partial charge in [-0.1, -0.05) is 0 Å². The number of nitrogens with zero attached hydrogens (tertiary/aromatic N) is 1. The molecule has 0 aromatic rings. The summed E-state index contributed by atoms with van der Waals surface area (Å²) in [6.07, 6.45) is 2.00. The molecule has 0 saturated carbocycles. The molecule has 120 valence electrons. The fraction of sp³-hybridized carbons (Fsp3) is 0.933. The van der Waals surface area contributed by atoms with Gasteiger partial charge in [0.15, 0.2) is 0 Å². The lowest BCUT2D eigenvalue weighted by atomic mass is 10.2. The van der Waals surface area contributed by atoms with Gasteiger partial charge in [-0.2, -0.15) is 0 Å². The Morgan fingerprint density at radius 2 is 1.80 bits per heavy atom. The highest BCUT2D eigenvalue weighted by Crippen LogP contribution is 2.05. The lowest BCUT2D eigenvalue weighted by molar-refractivity contribution is 0.0528. The summed E-state index contributed by atoms with van der Waals surface area (Å²) in [6, 6.07) is 0.612. The molecule has 0 aliphatic carbocycles. The zero-order chi connectivity index (χ0) is 15.6. The van der Waals surface area contributed by atoms with Crippen molar-refractivity contribution >= 4 is 6.09 Å². The van der Waals surface area contributed by atoms with Crippen molar-refractivity contribution in [2.75, 3.05) is 33.2 Å². The van der Waals surface area contributed by atoms with E-state index in [1.165, 1.54) is 6.42 Å². The summed E-state index contributed by atoms with van der Waals surface area (Å²) in [5, 5.41) is 6.05. The summed E-state index contributed by atoms with van der Waals surface area (Å²) in [5.41, 5.74) is -0.431. The maximum absolute atomic E-state index is 11.4. The Bertz CT molecular complexity index is 262. The minimum Gasteiger partial charge on any atom is -0.444 e. The number of rotatable bonds is 9. The van der Waals surface area contributed by atoms with E-state index in [2.05, 4.69) is 36.4 Å². The highest BCUT2D eigenvalue weighted by atomic mass is 16.6. The van der Waals surface area contributed by atoms with Gasteiger partial charge in [0.1, 0.15) is 5.60 Å². The average Bonchev–Trinajstić information content (AvgIpc) is 2.29. The van der Waals surface area contributed by atoms with Gasteiger partial charge in [-0.15, -0.1) is 0 Å². The molecule has 0 unspecified atom stereocenters. The van der Waals surface area contributed by atoms with Crippen molar-refractivity contribution in [3.63, 3.8) is 0 Å². The number of hydrogen-bond donors (Lipinski definition) is 2. The Hall–Kier alpha value is -0.810. The van der Waals surface area contributed by atoms with Gasteiger partial charge in [-0.25, -0.2) is 4.79 Å². The molecule has 0 radical (unpaired) electrons. The van der Waals surface area contributed by atoms with Crippen LogP contribution in [0.4, 0.5) is 4.79 Å². The molecule has 0 aliphatic heterocycles. The second-order valence-electron chi connectivity index (χ2n) is 6.46. The van der Waals surface area contributed by atoms with E-state index in [0.717, 1.165) is 26.1 Å². The molecule has 0 atom stereocenters. The van der Waals surface area contributed by atoms with E-state index in [1.54, 1.807) is 0 Å². The monoisotopic (exact) mass is 287 g/mol. The zero-order valence-corrected chi connectivity index (χ0v) is 14.1. The fourth-order valence-electron chi connectivity index (χ4n) is 1.56. The van der Waals surface area contributed by atoms with Gasteiger partial charge >= 0.3 is 6.09 Å². The van der Waals surface area contributed by atoms with Gasteiger partial charge in [0.05, 0.1) is 0 Å². The normalized spacial score (nSPS) is 12.0. The number of carbonyl (C=O) groups is 1. The van der Waals surface area contributed by atoms with E-state index in [-0.39, 0.29) is 6.09 Å². The van der Waals surface area contributed by atoms with E-state index < -0.39 is 5.60 Å². The standard InChI is InChI=1S/C15H33N3O2/c1-13(2)18(6)12-8-7-9-16-10-11-17-14(19)20-15(3,4)5/h13,16H,7-12H2,1-6H3,(H,17,19). The Morgan fingerprint density at radius 3 is 2.35 bits per heavy atom. The van der Waals surface area contributed by atoms with E-state index >= 15 is 0 Å². The van der Waals surface area contributed by atoms with Gasteiger partial charge in [-0.05, 0) is 67.6 Å². The van der Waals surface area contributed by atoms with Crippen LogP contribution in [0.1, 0.15) is 47.5 Å².